The van der Waals surface area contributed by atoms with Crippen molar-refractivity contribution in [2.75, 3.05) is 27.2 Å². The molecule has 0 atom stereocenters. The van der Waals surface area contributed by atoms with Gasteiger partial charge >= 0.3 is 5.97 Å². The van der Waals surface area contributed by atoms with Gasteiger partial charge in [-0.2, -0.15) is 5.10 Å². The van der Waals surface area contributed by atoms with Crippen molar-refractivity contribution in [3.05, 3.63) is 48.3 Å². The first-order valence-electron chi connectivity index (χ1n) is 8.84. The van der Waals surface area contributed by atoms with Crippen LogP contribution in [0.25, 0.3) is 5.69 Å². The molecule has 1 aromatic heterocycles. The number of hydrogen-bond donors (Lipinski definition) is 1. The molecule has 1 N–H and O–H groups in total. The highest BCUT2D eigenvalue weighted by molar-refractivity contribution is 5.80. The molecule has 1 aliphatic heterocycles. The molecule has 0 spiro atoms. The Morgan fingerprint density at radius 3 is 2.65 bits per heavy atom. The van der Waals surface area contributed by atoms with Gasteiger partial charge in [0.1, 0.15) is 0 Å². The summed E-state index contributed by atoms with van der Waals surface area (Å²) < 4.78 is 6.70. The van der Waals surface area contributed by atoms with Crippen molar-refractivity contribution in [1.82, 2.24) is 20.0 Å². The minimum absolute atomic E-state index is 0.00377. The summed E-state index contributed by atoms with van der Waals surface area (Å²) >= 11 is 0. The fourth-order valence-electron chi connectivity index (χ4n) is 3.18. The minimum atomic E-state index is -0.112. The van der Waals surface area contributed by atoms with Crippen molar-refractivity contribution in [1.29, 1.82) is 0 Å². The molecule has 26 heavy (non-hydrogen) atoms. The molecule has 2 aromatic rings. The summed E-state index contributed by atoms with van der Waals surface area (Å²) in [7, 11) is 3.22. The molecule has 3 rings (SSSR count). The van der Waals surface area contributed by atoms with E-state index in [1.807, 2.05) is 47.3 Å². The van der Waals surface area contributed by atoms with E-state index in [0.29, 0.717) is 6.54 Å². The summed E-state index contributed by atoms with van der Waals surface area (Å²) in [5.41, 5.74) is 1.98. The lowest BCUT2D eigenvalue weighted by Gasteiger charge is -2.33. The quantitative estimate of drug-likeness (QED) is 0.515. The van der Waals surface area contributed by atoms with E-state index >= 15 is 0 Å². The maximum Gasteiger partial charge on any atom is 0.308 e. The number of benzene rings is 1. The van der Waals surface area contributed by atoms with Crippen LogP contribution in [0.3, 0.4) is 0 Å². The van der Waals surface area contributed by atoms with Crippen LogP contribution in [0.5, 0.6) is 0 Å². The number of methoxy groups -OCH3 is 1. The molecule has 0 bridgehead atoms. The number of nitrogens with one attached hydrogen (secondary N) is 1. The fourth-order valence-corrected chi connectivity index (χ4v) is 3.18. The molecule has 0 radical (unpaired) electrons. The standard InChI is InChI=1S/C19H25N5O2/c1-20-19(23-11-8-15(9-12-23)18(25)26-2)21-14-16-10-13-24(22-16)17-6-4-3-5-7-17/h3-7,10,13,15H,8-9,11-12,14H2,1-2H3,(H,20,21). The van der Waals surface area contributed by atoms with Crippen LogP contribution in [0, 0.1) is 5.92 Å². The molecule has 0 saturated carbocycles. The second-order valence-electron chi connectivity index (χ2n) is 6.27. The number of carbonyl (C=O) groups excluding carboxylic acids is 1. The molecule has 7 heteroatoms. The minimum Gasteiger partial charge on any atom is -0.469 e. The zero-order valence-electron chi connectivity index (χ0n) is 15.3. The molecule has 0 aliphatic carbocycles. The third-order valence-electron chi connectivity index (χ3n) is 4.63. The Balaban J connectivity index is 1.54. The van der Waals surface area contributed by atoms with Gasteiger partial charge < -0.3 is 15.0 Å². The Kier molecular flexibility index (Phi) is 5.88. The summed E-state index contributed by atoms with van der Waals surface area (Å²) in [4.78, 5) is 18.2. The van der Waals surface area contributed by atoms with E-state index in [4.69, 9.17) is 4.74 Å². The molecule has 0 unspecified atom stereocenters. The summed E-state index contributed by atoms with van der Waals surface area (Å²) in [5.74, 6) is 0.720. The summed E-state index contributed by atoms with van der Waals surface area (Å²) in [6.07, 6.45) is 3.53. The number of guanidine groups is 1. The highest BCUT2D eigenvalue weighted by atomic mass is 16.5. The van der Waals surface area contributed by atoms with Crippen molar-refractivity contribution < 1.29 is 9.53 Å². The molecule has 138 valence electrons. The lowest BCUT2D eigenvalue weighted by atomic mass is 9.97. The molecule has 1 fully saturated rings. The maximum absolute atomic E-state index is 11.6. The second-order valence-corrected chi connectivity index (χ2v) is 6.27. The Bertz CT molecular complexity index is 748. The average Bonchev–Trinajstić information content (AvgIpc) is 3.18. The molecule has 7 nitrogen and oxygen atoms in total. The van der Waals surface area contributed by atoms with E-state index < -0.39 is 0 Å². The number of nitrogens with zero attached hydrogens (tertiary/aromatic N) is 4. The zero-order valence-corrected chi connectivity index (χ0v) is 15.3. The number of rotatable bonds is 4. The second kappa shape index (κ2) is 8.51. The van der Waals surface area contributed by atoms with Gasteiger partial charge in [0.25, 0.3) is 0 Å². The van der Waals surface area contributed by atoms with E-state index in [1.54, 1.807) is 7.05 Å². The number of aromatic nitrogens is 2. The van der Waals surface area contributed by atoms with Gasteiger partial charge in [-0.05, 0) is 31.0 Å². The van der Waals surface area contributed by atoms with Crippen molar-refractivity contribution >= 4 is 11.9 Å². The molecule has 0 amide bonds. The van der Waals surface area contributed by atoms with Gasteiger partial charge in [-0.25, -0.2) is 4.68 Å². The molecular formula is C19H25N5O2. The normalized spacial score (nSPS) is 15.8. The SMILES string of the molecule is CN=C(NCc1ccn(-c2ccccc2)n1)N1CCC(C(=O)OC)CC1. The Labute approximate surface area is 153 Å². The Hall–Kier alpha value is -2.83. The van der Waals surface area contributed by atoms with Crippen LogP contribution < -0.4 is 5.32 Å². The van der Waals surface area contributed by atoms with Crippen molar-refractivity contribution in [2.45, 2.75) is 19.4 Å². The van der Waals surface area contributed by atoms with Crippen LogP contribution in [0.2, 0.25) is 0 Å². The van der Waals surface area contributed by atoms with E-state index in [1.165, 1.54) is 7.11 Å². The van der Waals surface area contributed by atoms with Gasteiger partial charge in [-0.3, -0.25) is 9.79 Å². The third-order valence-corrected chi connectivity index (χ3v) is 4.63. The van der Waals surface area contributed by atoms with E-state index in [2.05, 4.69) is 20.3 Å². The first-order chi connectivity index (χ1) is 12.7. The molecular weight excluding hydrogens is 330 g/mol. The van der Waals surface area contributed by atoms with Gasteiger partial charge in [0.2, 0.25) is 0 Å². The first kappa shape index (κ1) is 18.0. The van der Waals surface area contributed by atoms with Crippen LogP contribution in [-0.2, 0) is 16.1 Å². The van der Waals surface area contributed by atoms with Crippen molar-refractivity contribution in [2.24, 2.45) is 10.9 Å². The Morgan fingerprint density at radius 2 is 2.00 bits per heavy atom. The van der Waals surface area contributed by atoms with Gasteiger partial charge in [0.15, 0.2) is 5.96 Å². The van der Waals surface area contributed by atoms with E-state index in [9.17, 15) is 4.79 Å². The van der Waals surface area contributed by atoms with Crippen LogP contribution in [-0.4, -0.2) is 53.9 Å². The third kappa shape index (κ3) is 4.22. The van der Waals surface area contributed by atoms with Gasteiger partial charge in [-0.1, -0.05) is 18.2 Å². The van der Waals surface area contributed by atoms with Crippen LogP contribution in [0.4, 0.5) is 0 Å². The largest absolute Gasteiger partial charge is 0.469 e. The number of para-hydroxylation sites is 1. The molecule has 1 saturated heterocycles. The number of esters is 1. The number of likely N-dealkylation sites (tertiary alicyclic amines) is 1. The fraction of sp³-hybridized carbons (Fsp3) is 0.421. The number of carbonyl (C=O) groups is 1. The van der Waals surface area contributed by atoms with Crippen LogP contribution >= 0.6 is 0 Å². The van der Waals surface area contributed by atoms with Crippen molar-refractivity contribution in [3.63, 3.8) is 0 Å². The summed E-state index contributed by atoms with van der Waals surface area (Å²) in [6.45, 7) is 2.18. The molecule has 1 aliphatic rings. The highest BCUT2D eigenvalue weighted by Gasteiger charge is 2.26. The molecule has 2 heterocycles. The van der Waals surface area contributed by atoms with Crippen LogP contribution in [0.1, 0.15) is 18.5 Å². The predicted octanol–water partition coefficient (Wildman–Crippen LogP) is 1.83. The van der Waals surface area contributed by atoms with E-state index in [-0.39, 0.29) is 11.9 Å². The Morgan fingerprint density at radius 1 is 1.27 bits per heavy atom. The zero-order chi connectivity index (χ0) is 18.4. The average molecular weight is 355 g/mol. The number of ether oxygens (including phenoxy) is 1. The maximum atomic E-state index is 11.6. The monoisotopic (exact) mass is 355 g/mol. The lowest BCUT2D eigenvalue weighted by Crippen LogP contribution is -2.46. The summed E-state index contributed by atoms with van der Waals surface area (Å²) in [5, 5.41) is 7.96. The smallest absolute Gasteiger partial charge is 0.308 e. The van der Waals surface area contributed by atoms with Crippen LogP contribution in [0.15, 0.2) is 47.6 Å². The van der Waals surface area contributed by atoms with E-state index in [0.717, 1.165) is 43.3 Å². The highest BCUT2D eigenvalue weighted by Crippen LogP contribution is 2.18. The number of piperidine rings is 1. The number of hydrogen-bond acceptors (Lipinski definition) is 4. The van der Waals surface area contributed by atoms with Gasteiger partial charge in [0, 0.05) is 26.3 Å². The molecule has 1 aromatic carbocycles. The lowest BCUT2D eigenvalue weighted by molar-refractivity contribution is -0.146. The summed E-state index contributed by atoms with van der Waals surface area (Å²) in [6, 6.07) is 12.0. The van der Waals surface area contributed by atoms with Gasteiger partial charge in [0.05, 0.1) is 31.0 Å². The predicted molar refractivity (Wildman–Crippen MR) is 100 cm³/mol. The first-order valence-corrected chi connectivity index (χ1v) is 8.84. The van der Waals surface area contributed by atoms with Gasteiger partial charge in [-0.15, -0.1) is 0 Å². The van der Waals surface area contributed by atoms with Crippen molar-refractivity contribution in [3.8, 4) is 5.69 Å². The topological polar surface area (TPSA) is 71.8 Å². The number of aliphatic imine (C=N–C) groups is 1.